The summed E-state index contributed by atoms with van der Waals surface area (Å²) in [6.07, 6.45) is 11.6. The molecule has 0 spiro atoms. The summed E-state index contributed by atoms with van der Waals surface area (Å²) in [5.74, 6) is 2.93. The third-order valence-electron chi connectivity index (χ3n) is 6.55. The normalized spacial score (nSPS) is 23.6. The Kier molecular flexibility index (Phi) is 8.53. The van der Waals surface area contributed by atoms with E-state index in [1.54, 1.807) is 6.92 Å². The molecule has 2 atom stereocenters. The maximum Gasteiger partial charge on any atom is 0.195 e. The third kappa shape index (κ3) is 7.14. The largest absolute Gasteiger partial charge is 0.356 e. The molecule has 2 fully saturated rings. The Labute approximate surface area is 175 Å². The van der Waals surface area contributed by atoms with E-state index in [9.17, 15) is 4.79 Å². The summed E-state index contributed by atoms with van der Waals surface area (Å²) in [5.41, 5.74) is 7.54. The molecule has 0 saturated heterocycles. The quantitative estimate of drug-likeness (QED) is 0.356. The van der Waals surface area contributed by atoms with Gasteiger partial charge in [-0.1, -0.05) is 37.8 Å². The summed E-state index contributed by atoms with van der Waals surface area (Å²) in [5, 5.41) is 7.02. The minimum Gasteiger partial charge on any atom is -0.356 e. The van der Waals surface area contributed by atoms with E-state index in [4.69, 9.17) is 10.7 Å². The van der Waals surface area contributed by atoms with Gasteiger partial charge in [0.25, 0.3) is 0 Å². The smallest absolute Gasteiger partial charge is 0.195 e. The predicted octanol–water partition coefficient (Wildman–Crippen LogP) is 4.59. The summed E-state index contributed by atoms with van der Waals surface area (Å²) < 4.78 is 0. The maximum atomic E-state index is 11.7. The first-order valence-electron chi connectivity index (χ1n) is 11.5. The van der Waals surface area contributed by atoms with Crippen LogP contribution in [0.15, 0.2) is 29.3 Å². The van der Waals surface area contributed by atoms with Crippen molar-refractivity contribution in [3.8, 4) is 0 Å². The van der Waals surface area contributed by atoms with E-state index >= 15 is 0 Å². The van der Waals surface area contributed by atoms with Gasteiger partial charge >= 0.3 is 0 Å². The fraction of sp³-hybridized carbons (Fsp3) is 0.667. The van der Waals surface area contributed by atoms with Crippen molar-refractivity contribution in [1.82, 2.24) is 5.32 Å². The zero-order valence-corrected chi connectivity index (χ0v) is 18.0. The van der Waals surface area contributed by atoms with Crippen LogP contribution in [-0.4, -0.2) is 31.4 Å². The van der Waals surface area contributed by atoms with Crippen molar-refractivity contribution >= 4 is 17.4 Å². The second-order valence-corrected chi connectivity index (χ2v) is 8.97. The minimum atomic E-state index is 0.0809. The van der Waals surface area contributed by atoms with Gasteiger partial charge in [-0.25, -0.2) is 0 Å². The molecule has 0 bridgehead atoms. The number of Topliss-reactive ketones (excluding diaryl/α,β-unsaturated/α-hetero) is 1. The zero-order valence-electron chi connectivity index (χ0n) is 18.0. The minimum absolute atomic E-state index is 0.0809. The molecule has 0 radical (unpaired) electrons. The fourth-order valence-corrected chi connectivity index (χ4v) is 4.73. The van der Waals surface area contributed by atoms with Crippen molar-refractivity contribution in [2.45, 2.75) is 64.7 Å². The summed E-state index contributed by atoms with van der Waals surface area (Å²) in [6, 6.07) is 7.68. The highest BCUT2D eigenvalue weighted by Crippen LogP contribution is 2.28. The van der Waals surface area contributed by atoms with E-state index in [-0.39, 0.29) is 5.78 Å². The Balaban J connectivity index is 1.64. The summed E-state index contributed by atoms with van der Waals surface area (Å²) >= 11 is 0. The SMILES string of the molecule is CC(=O)c1cccc(NC(=NCC2CCCC(CN)C2)NCC2CCCCC2)c1. The second-order valence-electron chi connectivity index (χ2n) is 8.97. The highest BCUT2D eigenvalue weighted by Gasteiger charge is 2.21. The fourth-order valence-electron chi connectivity index (χ4n) is 4.73. The number of aliphatic imine (C=N–C) groups is 1. The molecule has 1 aromatic rings. The number of carbonyl (C=O) groups excluding carboxylic acids is 1. The van der Waals surface area contributed by atoms with Crippen LogP contribution < -0.4 is 16.4 Å². The van der Waals surface area contributed by atoms with Crippen molar-refractivity contribution < 1.29 is 4.79 Å². The van der Waals surface area contributed by atoms with E-state index in [2.05, 4.69) is 10.6 Å². The molecule has 160 valence electrons. The van der Waals surface area contributed by atoms with Crippen LogP contribution in [0.1, 0.15) is 75.1 Å². The second kappa shape index (κ2) is 11.3. The lowest BCUT2D eigenvalue weighted by Gasteiger charge is -2.27. The lowest BCUT2D eigenvalue weighted by Crippen LogP contribution is -2.36. The number of nitrogens with two attached hydrogens (primary N) is 1. The van der Waals surface area contributed by atoms with Gasteiger partial charge in [0, 0.05) is 24.3 Å². The molecule has 0 aromatic heterocycles. The van der Waals surface area contributed by atoms with Gasteiger partial charge in [-0.3, -0.25) is 9.79 Å². The highest BCUT2D eigenvalue weighted by atomic mass is 16.1. The van der Waals surface area contributed by atoms with Crippen LogP contribution in [-0.2, 0) is 0 Å². The molecule has 0 amide bonds. The third-order valence-corrected chi connectivity index (χ3v) is 6.55. The topological polar surface area (TPSA) is 79.5 Å². The molecule has 2 unspecified atom stereocenters. The zero-order chi connectivity index (χ0) is 20.5. The first-order valence-corrected chi connectivity index (χ1v) is 11.5. The van der Waals surface area contributed by atoms with E-state index in [0.717, 1.165) is 42.8 Å². The average molecular weight is 399 g/mol. The van der Waals surface area contributed by atoms with Crippen molar-refractivity contribution in [2.24, 2.45) is 28.5 Å². The maximum absolute atomic E-state index is 11.7. The van der Waals surface area contributed by atoms with Gasteiger partial charge < -0.3 is 16.4 Å². The Morgan fingerprint density at radius 1 is 1.07 bits per heavy atom. The van der Waals surface area contributed by atoms with Crippen LogP contribution in [0.4, 0.5) is 5.69 Å². The molecule has 5 heteroatoms. The Morgan fingerprint density at radius 3 is 2.59 bits per heavy atom. The number of nitrogens with zero attached hydrogens (tertiary/aromatic N) is 1. The van der Waals surface area contributed by atoms with Crippen LogP contribution >= 0.6 is 0 Å². The predicted molar refractivity (Wildman–Crippen MR) is 121 cm³/mol. The van der Waals surface area contributed by atoms with Crippen molar-refractivity contribution in [2.75, 3.05) is 25.0 Å². The van der Waals surface area contributed by atoms with Crippen LogP contribution in [0.2, 0.25) is 0 Å². The molecular weight excluding hydrogens is 360 g/mol. The van der Waals surface area contributed by atoms with Gasteiger partial charge in [0.15, 0.2) is 11.7 Å². The molecule has 4 N–H and O–H groups in total. The summed E-state index contributed by atoms with van der Waals surface area (Å²) in [4.78, 5) is 16.7. The summed E-state index contributed by atoms with van der Waals surface area (Å²) in [6.45, 7) is 4.20. The summed E-state index contributed by atoms with van der Waals surface area (Å²) in [7, 11) is 0. The molecule has 2 aliphatic rings. The number of hydrogen-bond acceptors (Lipinski definition) is 3. The van der Waals surface area contributed by atoms with Crippen LogP contribution in [0.25, 0.3) is 0 Å². The van der Waals surface area contributed by atoms with E-state index in [0.29, 0.717) is 11.8 Å². The molecule has 2 saturated carbocycles. The molecule has 29 heavy (non-hydrogen) atoms. The number of ketones is 1. The molecule has 2 aliphatic carbocycles. The number of hydrogen-bond donors (Lipinski definition) is 3. The molecule has 0 heterocycles. The van der Waals surface area contributed by atoms with Gasteiger partial charge in [-0.05, 0) is 75.5 Å². The number of rotatable bonds is 7. The molecule has 1 aromatic carbocycles. The Hall–Kier alpha value is -1.88. The number of benzene rings is 1. The van der Waals surface area contributed by atoms with Crippen LogP contribution in [0.5, 0.6) is 0 Å². The number of carbonyl (C=O) groups is 1. The van der Waals surface area contributed by atoms with E-state index in [1.807, 2.05) is 24.3 Å². The van der Waals surface area contributed by atoms with Gasteiger partial charge in [0.1, 0.15) is 0 Å². The van der Waals surface area contributed by atoms with E-state index in [1.165, 1.54) is 57.8 Å². The van der Waals surface area contributed by atoms with Gasteiger partial charge in [0.2, 0.25) is 0 Å². The number of guanidine groups is 1. The van der Waals surface area contributed by atoms with Gasteiger partial charge in [-0.2, -0.15) is 0 Å². The highest BCUT2D eigenvalue weighted by molar-refractivity contribution is 5.98. The van der Waals surface area contributed by atoms with Crippen molar-refractivity contribution in [3.05, 3.63) is 29.8 Å². The molecule has 5 nitrogen and oxygen atoms in total. The molecule has 0 aliphatic heterocycles. The lowest BCUT2D eigenvalue weighted by atomic mass is 9.81. The number of nitrogens with one attached hydrogen (secondary N) is 2. The van der Waals surface area contributed by atoms with Crippen LogP contribution in [0.3, 0.4) is 0 Å². The van der Waals surface area contributed by atoms with Crippen molar-refractivity contribution in [1.29, 1.82) is 0 Å². The van der Waals surface area contributed by atoms with Crippen molar-refractivity contribution in [3.63, 3.8) is 0 Å². The lowest BCUT2D eigenvalue weighted by molar-refractivity contribution is 0.101. The molecular formula is C24H38N4O. The first kappa shape index (κ1) is 21.8. The first-order chi connectivity index (χ1) is 14.1. The van der Waals surface area contributed by atoms with E-state index < -0.39 is 0 Å². The van der Waals surface area contributed by atoms with Gasteiger partial charge in [-0.15, -0.1) is 0 Å². The Morgan fingerprint density at radius 2 is 1.83 bits per heavy atom. The average Bonchev–Trinajstić information content (AvgIpc) is 2.76. The molecule has 3 rings (SSSR count). The monoisotopic (exact) mass is 398 g/mol. The Bertz CT molecular complexity index is 681. The van der Waals surface area contributed by atoms with Crippen LogP contribution in [0, 0.1) is 17.8 Å². The van der Waals surface area contributed by atoms with Gasteiger partial charge in [0.05, 0.1) is 0 Å². The number of anilines is 1. The standard InChI is InChI=1S/C24H38N4O/c1-18(29)22-11-6-12-23(14-22)28-24(26-16-19-7-3-2-4-8-19)27-17-21-10-5-9-20(13-21)15-25/h6,11-12,14,19-21H,2-5,7-10,13,15-17,25H2,1H3,(H2,26,27,28).